The maximum Gasteiger partial charge on any atom is 0.263 e. The first kappa shape index (κ1) is 18.3. The summed E-state index contributed by atoms with van der Waals surface area (Å²) in [6.07, 6.45) is 6.75. The molecular formula is C19H19FN8O2. The van der Waals surface area contributed by atoms with Gasteiger partial charge in [-0.15, -0.1) is 5.10 Å². The molecule has 0 radical (unpaired) electrons. The van der Waals surface area contributed by atoms with Crippen molar-refractivity contribution in [2.24, 2.45) is 0 Å². The van der Waals surface area contributed by atoms with Gasteiger partial charge >= 0.3 is 0 Å². The van der Waals surface area contributed by atoms with Crippen LogP contribution < -0.4 is 16.0 Å². The normalized spacial score (nSPS) is 18.7. The number of carbonyl (C=O) groups is 2. The van der Waals surface area contributed by atoms with Gasteiger partial charge in [0.2, 0.25) is 5.91 Å². The van der Waals surface area contributed by atoms with Crippen LogP contribution in [0.2, 0.25) is 0 Å². The Kier molecular flexibility index (Phi) is 4.23. The fraction of sp³-hybridized carbons (Fsp3) is 0.316. The summed E-state index contributed by atoms with van der Waals surface area (Å²) in [6, 6.07) is 2.01. The topological polar surface area (TPSA) is 122 Å². The number of nitrogens with zero attached hydrogens (tertiary/aromatic N) is 6. The van der Waals surface area contributed by atoms with Crippen molar-refractivity contribution in [1.29, 1.82) is 0 Å². The van der Waals surface area contributed by atoms with Crippen molar-refractivity contribution in [1.82, 2.24) is 24.5 Å². The zero-order valence-corrected chi connectivity index (χ0v) is 16.0. The summed E-state index contributed by atoms with van der Waals surface area (Å²) >= 11 is 0. The molecule has 2 saturated heterocycles. The van der Waals surface area contributed by atoms with Crippen LogP contribution in [-0.4, -0.2) is 62.0 Å². The van der Waals surface area contributed by atoms with Crippen molar-refractivity contribution in [2.45, 2.75) is 18.9 Å². The Morgan fingerprint density at radius 3 is 3.03 bits per heavy atom. The second kappa shape index (κ2) is 6.94. The van der Waals surface area contributed by atoms with Gasteiger partial charge in [0.1, 0.15) is 5.56 Å². The van der Waals surface area contributed by atoms with Crippen LogP contribution >= 0.6 is 0 Å². The molecule has 5 rings (SSSR count). The van der Waals surface area contributed by atoms with E-state index >= 15 is 0 Å². The van der Waals surface area contributed by atoms with Crippen LogP contribution in [0.1, 0.15) is 23.2 Å². The van der Waals surface area contributed by atoms with Crippen LogP contribution in [0.5, 0.6) is 0 Å². The summed E-state index contributed by atoms with van der Waals surface area (Å²) in [6.45, 7) is 2.00. The minimum Gasteiger partial charge on any atom is -0.381 e. The number of hydrogen-bond acceptors (Lipinski definition) is 7. The third kappa shape index (κ3) is 2.98. The van der Waals surface area contributed by atoms with E-state index in [0.29, 0.717) is 31.7 Å². The van der Waals surface area contributed by atoms with Gasteiger partial charge in [0.15, 0.2) is 17.3 Å². The molecule has 0 aliphatic carbocycles. The van der Waals surface area contributed by atoms with Crippen molar-refractivity contribution in [2.75, 3.05) is 35.6 Å². The molecule has 11 heteroatoms. The zero-order chi connectivity index (χ0) is 20.8. The predicted octanol–water partition coefficient (Wildman–Crippen LogP) is 0.909. The van der Waals surface area contributed by atoms with E-state index in [0.717, 1.165) is 29.0 Å². The van der Waals surface area contributed by atoms with Crippen molar-refractivity contribution in [3.05, 3.63) is 42.2 Å². The lowest BCUT2D eigenvalue weighted by molar-refractivity contribution is -0.129. The highest BCUT2D eigenvalue weighted by molar-refractivity contribution is 6.12. The first-order chi connectivity index (χ1) is 14.5. The van der Waals surface area contributed by atoms with Gasteiger partial charge in [-0.1, -0.05) is 0 Å². The third-order valence-corrected chi connectivity index (χ3v) is 5.58. The number of pyridine rings is 1. The minimum atomic E-state index is -0.587. The number of anilines is 3. The smallest absolute Gasteiger partial charge is 0.263 e. The molecule has 2 aliphatic heterocycles. The molecule has 0 unspecified atom stereocenters. The van der Waals surface area contributed by atoms with Crippen molar-refractivity contribution in [3.63, 3.8) is 0 Å². The molecule has 30 heavy (non-hydrogen) atoms. The third-order valence-electron chi connectivity index (χ3n) is 5.58. The van der Waals surface area contributed by atoms with Crippen LogP contribution in [-0.2, 0) is 4.79 Å². The van der Waals surface area contributed by atoms with E-state index < -0.39 is 11.7 Å². The van der Waals surface area contributed by atoms with Gasteiger partial charge in [0, 0.05) is 38.3 Å². The summed E-state index contributed by atoms with van der Waals surface area (Å²) in [7, 11) is 0. The average Bonchev–Trinajstić information content (AvgIpc) is 3.26. The van der Waals surface area contributed by atoms with Gasteiger partial charge in [-0.2, -0.15) is 0 Å². The monoisotopic (exact) mass is 410 g/mol. The summed E-state index contributed by atoms with van der Waals surface area (Å²) < 4.78 is 14.5. The Labute approximate surface area is 170 Å². The number of amides is 2. The van der Waals surface area contributed by atoms with E-state index in [1.165, 1.54) is 0 Å². The molecule has 0 bridgehead atoms. The fourth-order valence-corrected chi connectivity index (χ4v) is 4.17. The number of halogens is 1. The Morgan fingerprint density at radius 1 is 1.30 bits per heavy atom. The maximum absolute atomic E-state index is 13.4. The number of nitrogens with two attached hydrogens (primary N) is 1. The summed E-state index contributed by atoms with van der Waals surface area (Å²) in [5.41, 5.74) is 7.45. The molecule has 3 N–H and O–H groups in total. The Bertz CT molecular complexity index is 1160. The lowest BCUT2D eigenvalue weighted by atomic mass is 10.1. The number of carbonyl (C=O) groups excluding carboxylic acids is 2. The molecule has 3 aromatic heterocycles. The molecule has 0 aromatic carbocycles. The average molecular weight is 410 g/mol. The van der Waals surface area contributed by atoms with Gasteiger partial charge in [-0.3, -0.25) is 14.6 Å². The van der Waals surface area contributed by atoms with Crippen molar-refractivity contribution in [3.8, 4) is 0 Å². The molecule has 154 valence electrons. The van der Waals surface area contributed by atoms with Crippen LogP contribution in [0.3, 0.4) is 0 Å². The Hall–Kier alpha value is -3.76. The van der Waals surface area contributed by atoms with E-state index in [1.54, 1.807) is 12.4 Å². The standard InChI is InChI=1S/C19H19FN8O2/c20-11-7-23-18-16(17(21)25-28(18)9-11)19(30)24-13-8-22-4-3-14(13)26-5-6-27-12(10-26)1-2-15(27)29/h3-4,7-9,12H,1-2,5-6,10H2,(H2,21,25)(H,24,30)/t12-/m1/s1. The van der Waals surface area contributed by atoms with E-state index in [2.05, 4.69) is 25.3 Å². The molecule has 2 aliphatic rings. The minimum absolute atomic E-state index is 0.0471. The van der Waals surface area contributed by atoms with Gasteiger partial charge in [-0.25, -0.2) is 13.9 Å². The van der Waals surface area contributed by atoms with E-state index in [1.807, 2.05) is 11.0 Å². The SMILES string of the molecule is Nc1nn2cc(F)cnc2c1C(=O)Nc1cnccc1N1CCN2C(=O)CC[C@@H]2C1. The fourth-order valence-electron chi connectivity index (χ4n) is 4.17. The largest absolute Gasteiger partial charge is 0.381 e. The van der Waals surface area contributed by atoms with E-state index in [4.69, 9.17) is 5.73 Å². The van der Waals surface area contributed by atoms with Crippen molar-refractivity contribution >= 4 is 34.7 Å². The molecule has 1 atom stereocenters. The number of fused-ring (bicyclic) bond motifs is 2. The first-order valence-corrected chi connectivity index (χ1v) is 9.60. The number of piperazine rings is 1. The molecule has 0 saturated carbocycles. The highest BCUT2D eigenvalue weighted by Crippen LogP contribution is 2.31. The number of nitrogens with one attached hydrogen (secondary N) is 1. The Balaban J connectivity index is 1.42. The van der Waals surface area contributed by atoms with E-state index in [-0.39, 0.29) is 29.0 Å². The maximum atomic E-state index is 13.4. The van der Waals surface area contributed by atoms with Gasteiger partial charge < -0.3 is 20.9 Å². The van der Waals surface area contributed by atoms with Gasteiger partial charge in [-0.05, 0) is 12.5 Å². The molecule has 0 spiro atoms. The zero-order valence-electron chi connectivity index (χ0n) is 16.0. The van der Waals surface area contributed by atoms with Crippen LogP contribution in [0.25, 0.3) is 5.65 Å². The van der Waals surface area contributed by atoms with E-state index in [9.17, 15) is 14.0 Å². The lowest BCUT2D eigenvalue weighted by Crippen LogP contribution is -2.51. The van der Waals surface area contributed by atoms with Crippen LogP contribution in [0, 0.1) is 5.82 Å². The highest BCUT2D eigenvalue weighted by Gasteiger charge is 2.36. The number of aromatic nitrogens is 4. The number of rotatable bonds is 3. The molecule has 5 heterocycles. The quantitative estimate of drug-likeness (QED) is 0.658. The van der Waals surface area contributed by atoms with Crippen LogP contribution in [0.15, 0.2) is 30.9 Å². The van der Waals surface area contributed by atoms with Crippen LogP contribution in [0.4, 0.5) is 21.6 Å². The molecular weight excluding hydrogens is 391 g/mol. The van der Waals surface area contributed by atoms with Gasteiger partial charge in [0.25, 0.3) is 5.91 Å². The van der Waals surface area contributed by atoms with Crippen molar-refractivity contribution < 1.29 is 14.0 Å². The van der Waals surface area contributed by atoms with Gasteiger partial charge in [0.05, 0.1) is 30.0 Å². The first-order valence-electron chi connectivity index (χ1n) is 9.60. The second-order valence-electron chi connectivity index (χ2n) is 7.37. The number of nitrogen functional groups attached to an aromatic ring is 1. The second-order valence-corrected chi connectivity index (χ2v) is 7.37. The lowest BCUT2D eigenvalue weighted by Gasteiger charge is -2.39. The molecule has 10 nitrogen and oxygen atoms in total. The summed E-state index contributed by atoms with van der Waals surface area (Å²) in [5, 5.41) is 6.80. The molecule has 2 amide bonds. The Morgan fingerprint density at radius 2 is 2.17 bits per heavy atom. The number of hydrogen-bond donors (Lipinski definition) is 2. The predicted molar refractivity (Wildman–Crippen MR) is 106 cm³/mol. The summed E-state index contributed by atoms with van der Waals surface area (Å²) in [4.78, 5) is 37.1. The summed E-state index contributed by atoms with van der Waals surface area (Å²) in [5.74, 6) is -0.939. The highest BCUT2D eigenvalue weighted by atomic mass is 19.1. The molecule has 2 fully saturated rings. The molecule has 3 aromatic rings.